The minimum atomic E-state index is -0.820. The van der Waals surface area contributed by atoms with Crippen molar-refractivity contribution in [1.29, 1.82) is 0 Å². The van der Waals surface area contributed by atoms with Crippen LogP contribution in [0.1, 0.15) is 63.7 Å². The third kappa shape index (κ3) is 11.8. The summed E-state index contributed by atoms with van der Waals surface area (Å²) >= 11 is 1.45. The maximum Gasteiger partial charge on any atom is 0.408 e. The second-order valence-corrected chi connectivity index (χ2v) is 9.89. The average Bonchev–Trinajstić information content (AvgIpc) is 3.38. The maximum atomic E-state index is 13.2. The molecule has 36 heavy (non-hydrogen) atoms. The van der Waals surface area contributed by atoms with Gasteiger partial charge in [0.25, 0.3) is 0 Å². The van der Waals surface area contributed by atoms with Gasteiger partial charge >= 0.3 is 6.09 Å². The molecule has 0 aliphatic heterocycles. The molecule has 0 radical (unpaired) electrons. The second kappa shape index (κ2) is 16.8. The first kappa shape index (κ1) is 29.5. The zero-order valence-corrected chi connectivity index (χ0v) is 22.1. The lowest BCUT2D eigenvalue weighted by Gasteiger charge is -2.23. The minimum Gasteiger partial charge on any atom is -0.468 e. The number of alkyl carbamates (subject to hydrolysis) is 1. The van der Waals surface area contributed by atoms with Crippen molar-refractivity contribution in [3.8, 4) is 0 Å². The van der Waals surface area contributed by atoms with Crippen molar-refractivity contribution in [2.45, 2.75) is 82.9 Å². The molecule has 1 aromatic heterocycles. The van der Waals surface area contributed by atoms with Crippen molar-refractivity contribution in [2.75, 3.05) is 5.75 Å². The standard InChI is InChI=1S/C27H39N3O5S/c1-3-4-14-23(25(31)19-36-18-22-13-9-16-34-22)29-26(32)24(15-8-10-20(2)28)30-27(33)35-17-21-11-6-5-7-12-21/h5-7,9,11-13,16,20,23-24H,3-4,8,10,14-15,17-19,28H2,1-2H3,(H,29,32)(H,30,33)/t20?,23-,24?/m0/s1. The van der Waals surface area contributed by atoms with Gasteiger partial charge in [-0.2, -0.15) is 0 Å². The SMILES string of the molecule is CCCC[C@H](NC(=O)C(CCCC(C)N)NC(=O)OCc1ccccc1)C(=O)CSCc1ccco1. The summed E-state index contributed by atoms with van der Waals surface area (Å²) in [5, 5.41) is 5.57. The van der Waals surface area contributed by atoms with Gasteiger partial charge in [0.2, 0.25) is 5.91 Å². The van der Waals surface area contributed by atoms with E-state index in [1.807, 2.05) is 56.3 Å². The van der Waals surface area contributed by atoms with Gasteiger partial charge in [-0.25, -0.2) is 4.79 Å². The average molecular weight is 518 g/mol. The molecular formula is C27H39N3O5S. The number of carbonyl (C=O) groups excluding carboxylic acids is 3. The Morgan fingerprint density at radius 1 is 1.00 bits per heavy atom. The van der Waals surface area contributed by atoms with E-state index < -0.39 is 18.2 Å². The number of hydrogen-bond acceptors (Lipinski definition) is 7. The van der Waals surface area contributed by atoms with Gasteiger partial charge < -0.3 is 25.5 Å². The Kier molecular flexibility index (Phi) is 13.8. The van der Waals surface area contributed by atoms with Crippen molar-refractivity contribution < 1.29 is 23.5 Å². The van der Waals surface area contributed by atoms with Crippen LogP contribution in [0.5, 0.6) is 0 Å². The summed E-state index contributed by atoms with van der Waals surface area (Å²) < 4.78 is 10.6. The summed E-state index contributed by atoms with van der Waals surface area (Å²) in [5.41, 5.74) is 6.71. The zero-order valence-electron chi connectivity index (χ0n) is 21.2. The molecule has 2 aromatic rings. The highest BCUT2D eigenvalue weighted by Crippen LogP contribution is 2.15. The second-order valence-electron chi connectivity index (χ2n) is 8.91. The maximum absolute atomic E-state index is 13.2. The fourth-order valence-corrected chi connectivity index (χ4v) is 4.43. The Labute approximate surface area is 218 Å². The van der Waals surface area contributed by atoms with Gasteiger partial charge in [0, 0.05) is 6.04 Å². The third-order valence-electron chi connectivity index (χ3n) is 5.59. The summed E-state index contributed by atoms with van der Waals surface area (Å²) in [5.74, 6) is 1.21. The number of carbonyl (C=O) groups is 3. The van der Waals surface area contributed by atoms with Gasteiger partial charge in [0.05, 0.1) is 23.8 Å². The van der Waals surface area contributed by atoms with Crippen LogP contribution in [0.3, 0.4) is 0 Å². The molecule has 0 bridgehead atoms. The molecule has 0 aliphatic carbocycles. The number of ketones is 1. The van der Waals surface area contributed by atoms with Gasteiger partial charge in [-0.15, -0.1) is 11.8 Å². The molecule has 198 valence electrons. The van der Waals surface area contributed by atoms with Crippen LogP contribution in [0.15, 0.2) is 53.1 Å². The molecule has 1 aromatic carbocycles. The van der Waals surface area contributed by atoms with Crippen molar-refractivity contribution >= 4 is 29.5 Å². The molecule has 2 unspecified atom stereocenters. The van der Waals surface area contributed by atoms with Gasteiger partial charge in [-0.3, -0.25) is 9.59 Å². The van der Waals surface area contributed by atoms with E-state index in [1.54, 1.807) is 6.26 Å². The number of unbranched alkanes of at least 4 members (excludes halogenated alkanes) is 1. The van der Waals surface area contributed by atoms with Crippen LogP contribution in [0.25, 0.3) is 0 Å². The van der Waals surface area contributed by atoms with Crippen LogP contribution in [-0.4, -0.2) is 41.7 Å². The summed E-state index contributed by atoms with van der Waals surface area (Å²) in [6.45, 7) is 4.04. The molecule has 0 saturated heterocycles. The fraction of sp³-hybridized carbons (Fsp3) is 0.519. The van der Waals surface area contributed by atoms with Gasteiger partial charge in [0.1, 0.15) is 18.4 Å². The van der Waals surface area contributed by atoms with E-state index in [2.05, 4.69) is 10.6 Å². The summed E-state index contributed by atoms with van der Waals surface area (Å²) in [6.07, 6.45) is 4.95. The predicted octanol–water partition coefficient (Wildman–Crippen LogP) is 4.57. The smallest absolute Gasteiger partial charge is 0.408 e. The van der Waals surface area contributed by atoms with Crippen molar-refractivity contribution in [1.82, 2.24) is 10.6 Å². The summed E-state index contributed by atoms with van der Waals surface area (Å²) in [7, 11) is 0. The number of amides is 2. The summed E-state index contributed by atoms with van der Waals surface area (Å²) in [6, 6.07) is 11.6. The molecule has 0 saturated carbocycles. The monoisotopic (exact) mass is 517 g/mol. The molecule has 4 N–H and O–H groups in total. The van der Waals surface area contributed by atoms with Gasteiger partial charge in [0.15, 0.2) is 5.78 Å². The van der Waals surface area contributed by atoms with E-state index in [-0.39, 0.29) is 30.1 Å². The first-order valence-corrected chi connectivity index (χ1v) is 13.7. The topological polar surface area (TPSA) is 124 Å². The van der Waals surface area contributed by atoms with Crippen LogP contribution in [0.4, 0.5) is 4.79 Å². The van der Waals surface area contributed by atoms with Gasteiger partial charge in [-0.1, -0.05) is 50.1 Å². The molecule has 0 spiro atoms. The van der Waals surface area contributed by atoms with Crippen LogP contribution in [0.2, 0.25) is 0 Å². The highest BCUT2D eigenvalue weighted by Gasteiger charge is 2.27. The normalized spacial score (nSPS) is 13.4. The van der Waals surface area contributed by atoms with E-state index in [4.69, 9.17) is 14.9 Å². The first-order chi connectivity index (χ1) is 17.4. The number of nitrogens with two attached hydrogens (primary N) is 1. The number of benzene rings is 1. The third-order valence-corrected chi connectivity index (χ3v) is 6.57. The summed E-state index contributed by atoms with van der Waals surface area (Å²) in [4.78, 5) is 38.6. The van der Waals surface area contributed by atoms with Crippen LogP contribution < -0.4 is 16.4 Å². The van der Waals surface area contributed by atoms with E-state index >= 15 is 0 Å². The molecule has 0 fully saturated rings. The number of Topliss-reactive ketones (excluding diaryl/α,β-unsaturated/α-hetero) is 1. The molecule has 2 amide bonds. The first-order valence-electron chi connectivity index (χ1n) is 12.5. The molecule has 3 atom stereocenters. The fourth-order valence-electron chi connectivity index (χ4n) is 3.56. The molecule has 9 heteroatoms. The number of thioether (sulfide) groups is 1. The highest BCUT2D eigenvalue weighted by atomic mass is 32.2. The van der Waals surface area contributed by atoms with E-state index in [1.165, 1.54) is 11.8 Å². The van der Waals surface area contributed by atoms with Crippen LogP contribution >= 0.6 is 11.8 Å². The minimum absolute atomic E-state index is 0.0104. The molecular weight excluding hydrogens is 478 g/mol. The number of furan rings is 1. The quantitative estimate of drug-likeness (QED) is 0.281. The lowest BCUT2D eigenvalue weighted by Crippen LogP contribution is -2.52. The predicted molar refractivity (Wildman–Crippen MR) is 142 cm³/mol. The highest BCUT2D eigenvalue weighted by molar-refractivity contribution is 7.99. The molecule has 0 aliphatic rings. The Bertz CT molecular complexity index is 905. The van der Waals surface area contributed by atoms with E-state index in [0.29, 0.717) is 31.4 Å². The van der Waals surface area contributed by atoms with Crippen LogP contribution in [0, 0.1) is 0 Å². The van der Waals surface area contributed by atoms with Crippen LogP contribution in [-0.2, 0) is 26.7 Å². The Morgan fingerprint density at radius 3 is 2.42 bits per heavy atom. The number of nitrogens with one attached hydrogen (secondary N) is 2. The Balaban J connectivity index is 1.96. The van der Waals surface area contributed by atoms with E-state index in [0.717, 1.165) is 24.2 Å². The zero-order chi connectivity index (χ0) is 26.2. The number of ether oxygens (including phenoxy) is 1. The lowest BCUT2D eigenvalue weighted by atomic mass is 10.0. The molecule has 2 rings (SSSR count). The molecule has 8 nitrogen and oxygen atoms in total. The molecule has 1 heterocycles. The van der Waals surface area contributed by atoms with Crippen molar-refractivity contribution in [3.05, 3.63) is 60.1 Å². The lowest BCUT2D eigenvalue weighted by molar-refractivity contribution is -0.128. The largest absolute Gasteiger partial charge is 0.468 e. The Morgan fingerprint density at radius 2 is 1.75 bits per heavy atom. The number of hydrogen-bond donors (Lipinski definition) is 3. The Hall–Kier alpha value is -2.78. The van der Waals surface area contributed by atoms with E-state index in [9.17, 15) is 14.4 Å². The number of rotatable bonds is 17. The van der Waals surface area contributed by atoms with Gasteiger partial charge in [-0.05, 0) is 50.3 Å². The van der Waals surface area contributed by atoms with Crippen molar-refractivity contribution in [3.63, 3.8) is 0 Å². The van der Waals surface area contributed by atoms with Crippen molar-refractivity contribution in [2.24, 2.45) is 5.73 Å².